The Hall–Kier alpha value is -2.78. The molecule has 0 radical (unpaired) electrons. The van der Waals surface area contributed by atoms with Gasteiger partial charge in [-0.3, -0.25) is 4.79 Å². The van der Waals surface area contributed by atoms with Gasteiger partial charge in [0.2, 0.25) is 15.9 Å². The van der Waals surface area contributed by atoms with Crippen molar-refractivity contribution in [1.82, 2.24) is 14.5 Å². The Morgan fingerprint density at radius 2 is 1.64 bits per heavy atom. The van der Waals surface area contributed by atoms with E-state index in [1.807, 2.05) is 62.1 Å². The summed E-state index contributed by atoms with van der Waals surface area (Å²) in [7, 11) is -3.57. The van der Waals surface area contributed by atoms with Crippen LogP contribution in [0.1, 0.15) is 58.4 Å². The van der Waals surface area contributed by atoms with Crippen LogP contribution in [0.25, 0.3) is 10.8 Å². The van der Waals surface area contributed by atoms with Gasteiger partial charge in [-0.2, -0.15) is 0 Å². The number of hydrogen-bond acceptors (Lipinski definition) is 5. The molecule has 2 saturated heterocycles. The molecule has 7 nitrogen and oxygen atoms in total. The molecular weight excluding hydrogens is 546 g/mol. The molecule has 3 aromatic rings. The molecule has 1 amide bonds. The summed E-state index contributed by atoms with van der Waals surface area (Å²) in [6.45, 7) is 10.3. The van der Waals surface area contributed by atoms with Gasteiger partial charge in [-0.25, -0.2) is 13.1 Å². The first kappa shape index (κ1) is 30.7. The number of carbonyl (C=O) groups excluding carboxylic acids is 1. The van der Waals surface area contributed by atoms with Crippen LogP contribution < -0.4 is 4.72 Å². The van der Waals surface area contributed by atoms with Gasteiger partial charge in [-0.1, -0.05) is 87.5 Å². The number of fused-ring (bicyclic) bond motifs is 1. The van der Waals surface area contributed by atoms with Crippen LogP contribution in [0.2, 0.25) is 0 Å². The number of nitrogens with one attached hydrogen (secondary N) is 1. The third-order valence-corrected chi connectivity index (χ3v) is 10.5. The van der Waals surface area contributed by atoms with Gasteiger partial charge in [-0.05, 0) is 68.1 Å². The third kappa shape index (κ3) is 7.05. The zero-order valence-electron chi connectivity index (χ0n) is 25.2. The van der Waals surface area contributed by atoms with Crippen LogP contribution in [0.15, 0.2) is 77.7 Å². The van der Waals surface area contributed by atoms with Gasteiger partial charge in [-0.15, -0.1) is 0 Å². The summed E-state index contributed by atoms with van der Waals surface area (Å²) in [5, 5.41) is 1.68. The summed E-state index contributed by atoms with van der Waals surface area (Å²) in [6, 6.07) is 23.5. The second kappa shape index (κ2) is 12.8. The fourth-order valence-corrected chi connectivity index (χ4v) is 7.62. The minimum Gasteiger partial charge on any atom is -0.350 e. The molecule has 0 saturated carbocycles. The van der Waals surface area contributed by atoms with Crippen molar-refractivity contribution in [2.75, 3.05) is 39.5 Å². The Morgan fingerprint density at radius 3 is 2.33 bits per heavy atom. The highest BCUT2D eigenvalue weighted by atomic mass is 32.2. The van der Waals surface area contributed by atoms with Crippen molar-refractivity contribution in [2.24, 2.45) is 11.3 Å². The van der Waals surface area contributed by atoms with E-state index in [9.17, 15) is 13.2 Å². The van der Waals surface area contributed by atoms with Gasteiger partial charge in [0.05, 0.1) is 10.5 Å². The van der Waals surface area contributed by atoms with Crippen LogP contribution in [0.4, 0.5) is 0 Å². The van der Waals surface area contributed by atoms with Crippen molar-refractivity contribution >= 4 is 26.7 Å². The maximum atomic E-state index is 13.1. The Bertz CT molecular complexity index is 1450. The van der Waals surface area contributed by atoms with Gasteiger partial charge in [0.1, 0.15) is 6.73 Å². The van der Waals surface area contributed by atoms with Crippen molar-refractivity contribution < 1.29 is 17.9 Å². The van der Waals surface area contributed by atoms with Gasteiger partial charge in [0, 0.05) is 30.4 Å². The van der Waals surface area contributed by atoms with Crippen LogP contribution >= 0.6 is 0 Å². The minimum absolute atomic E-state index is 0.130. The number of carbonyl (C=O) groups is 1. The van der Waals surface area contributed by atoms with E-state index in [1.54, 1.807) is 12.1 Å². The quantitative estimate of drug-likeness (QED) is 0.343. The molecule has 2 aliphatic heterocycles. The first-order valence-electron chi connectivity index (χ1n) is 15.3. The maximum absolute atomic E-state index is 13.1. The van der Waals surface area contributed by atoms with Crippen molar-refractivity contribution in [3.63, 3.8) is 0 Å². The monoisotopic (exact) mass is 591 g/mol. The lowest BCUT2D eigenvalue weighted by Crippen LogP contribution is -2.51. The Kier molecular flexibility index (Phi) is 9.38. The van der Waals surface area contributed by atoms with E-state index < -0.39 is 21.0 Å². The van der Waals surface area contributed by atoms with E-state index in [0.29, 0.717) is 30.6 Å². The summed E-state index contributed by atoms with van der Waals surface area (Å²) in [5.74, 6) is 0.632. The number of ether oxygens (including phenoxy) is 1. The molecule has 2 fully saturated rings. The van der Waals surface area contributed by atoms with Crippen LogP contribution in [0.5, 0.6) is 0 Å². The highest BCUT2D eigenvalue weighted by Gasteiger charge is 2.40. The predicted molar refractivity (Wildman–Crippen MR) is 167 cm³/mol. The molecule has 5 rings (SSSR count). The summed E-state index contributed by atoms with van der Waals surface area (Å²) < 4.78 is 35.6. The molecule has 1 unspecified atom stereocenters. The molecule has 42 heavy (non-hydrogen) atoms. The van der Waals surface area contributed by atoms with Crippen LogP contribution in [-0.4, -0.2) is 63.6 Å². The number of nitrogens with zero attached hydrogens (tertiary/aromatic N) is 2. The maximum Gasteiger partial charge on any atom is 0.241 e. The first-order valence-corrected chi connectivity index (χ1v) is 16.7. The topological polar surface area (TPSA) is 79.0 Å². The highest BCUT2D eigenvalue weighted by molar-refractivity contribution is 7.89. The molecule has 2 heterocycles. The molecule has 0 aromatic heterocycles. The highest BCUT2D eigenvalue weighted by Crippen LogP contribution is 2.38. The molecule has 0 bridgehead atoms. The SMILES string of the molecule is CC(C)(C)C(=O)N1CCC(CCN2CCC(CCNS(=O)(=O)c3cccc4ccccc34)CC2)(c2ccccc2)OC1. The van der Waals surface area contributed by atoms with E-state index >= 15 is 0 Å². The van der Waals surface area contributed by atoms with Crippen molar-refractivity contribution in [3.8, 4) is 0 Å². The smallest absolute Gasteiger partial charge is 0.241 e. The van der Waals surface area contributed by atoms with E-state index in [2.05, 4.69) is 33.9 Å². The minimum atomic E-state index is -3.57. The molecule has 8 heteroatoms. The Balaban J connectivity index is 1.11. The summed E-state index contributed by atoms with van der Waals surface area (Å²) in [6.07, 6.45) is 4.62. The van der Waals surface area contributed by atoms with Crippen LogP contribution in [-0.2, 0) is 25.2 Å². The van der Waals surface area contributed by atoms with Gasteiger partial charge in [0.15, 0.2) is 0 Å². The second-order valence-electron chi connectivity index (χ2n) is 12.9. The number of piperidine rings is 1. The van der Waals surface area contributed by atoms with E-state index in [1.165, 1.54) is 5.56 Å². The molecule has 226 valence electrons. The zero-order chi connectivity index (χ0) is 29.8. The predicted octanol–water partition coefficient (Wildman–Crippen LogP) is 5.76. The van der Waals surface area contributed by atoms with Crippen molar-refractivity contribution in [1.29, 1.82) is 0 Å². The first-order chi connectivity index (χ1) is 20.1. The average molecular weight is 592 g/mol. The normalized spacial score (nSPS) is 21.1. The molecule has 0 aliphatic carbocycles. The second-order valence-corrected chi connectivity index (χ2v) is 14.6. The Morgan fingerprint density at radius 1 is 0.952 bits per heavy atom. The van der Waals surface area contributed by atoms with Gasteiger partial charge >= 0.3 is 0 Å². The molecule has 2 aliphatic rings. The largest absolute Gasteiger partial charge is 0.350 e. The van der Waals surface area contributed by atoms with Crippen molar-refractivity contribution in [2.45, 2.75) is 63.4 Å². The van der Waals surface area contributed by atoms with Crippen LogP contribution in [0, 0.1) is 11.3 Å². The summed E-state index contributed by atoms with van der Waals surface area (Å²) in [5.41, 5.74) is 0.365. The molecular formula is C34H45N3O4S. The molecule has 1 atom stereocenters. The van der Waals surface area contributed by atoms with Crippen molar-refractivity contribution in [3.05, 3.63) is 78.4 Å². The number of benzene rings is 3. The summed E-state index contributed by atoms with van der Waals surface area (Å²) in [4.78, 5) is 17.6. The lowest BCUT2D eigenvalue weighted by atomic mass is 9.84. The van der Waals surface area contributed by atoms with Gasteiger partial charge < -0.3 is 14.5 Å². The summed E-state index contributed by atoms with van der Waals surface area (Å²) >= 11 is 0. The number of rotatable bonds is 9. The fourth-order valence-electron chi connectivity index (χ4n) is 6.34. The number of sulfonamides is 1. The van der Waals surface area contributed by atoms with E-state index in [0.717, 1.165) is 62.5 Å². The average Bonchev–Trinajstić information content (AvgIpc) is 3.00. The lowest BCUT2D eigenvalue weighted by Gasteiger charge is -2.45. The van der Waals surface area contributed by atoms with E-state index in [4.69, 9.17) is 4.74 Å². The van der Waals surface area contributed by atoms with E-state index in [-0.39, 0.29) is 5.91 Å². The molecule has 1 N–H and O–H groups in total. The third-order valence-electron chi connectivity index (χ3n) is 8.93. The lowest BCUT2D eigenvalue weighted by molar-refractivity contribution is -0.175. The standard InChI is InChI=1S/C34H45N3O4S/c1-33(2,3)32(38)37-25-20-34(41-26-37,29-12-5-4-6-13-29)19-24-36-22-17-27(18-23-36)16-21-35-42(39,40)31-15-9-11-28-10-7-8-14-30(28)31/h4-15,27,35H,16-26H2,1-3H3. The Labute approximate surface area is 251 Å². The molecule has 0 spiro atoms. The number of hydrogen-bond donors (Lipinski definition) is 1. The van der Waals surface area contributed by atoms with Gasteiger partial charge in [0.25, 0.3) is 0 Å². The number of amides is 1. The zero-order valence-corrected chi connectivity index (χ0v) is 26.0. The molecule has 3 aromatic carbocycles. The number of likely N-dealkylation sites (tertiary alicyclic amines) is 1. The fraction of sp³-hybridized carbons (Fsp3) is 0.500. The van der Waals surface area contributed by atoms with Crippen LogP contribution in [0.3, 0.4) is 0 Å².